The number of nitrogens with two attached hydrogens (primary N) is 1. The second-order valence-electron chi connectivity index (χ2n) is 5.42. The van der Waals surface area contributed by atoms with Gasteiger partial charge in [-0.15, -0.1) is 0 Å². The van der Waals surface area contributed by atoms with Gasteiger partial charge in [-0.3, -0.25) is 0 Å². The quantitative estimate of drug-likeness (QED) is 0.732. The van der Waals surface area contributed by atoms with Crippen molar-refractivity contribution in [1.82, 2.24) is 4.98 Å². The number of aromatic nitrogens is 2. The van der Waals surface area contributed by atoms with Crippen molar-refractivity contribution >= 4 is 17.2 Å². The highest BCUT2D eigenvalue weighted by Crippen LogP contribution is 2.23. The summed E-state index contributed by atoms with van der Waals surface area (Å²) >= 11 is 6.17. The van der Waals surface area contributed by atoms with Gasteiger partial charge in [-0.05, 0) is 53.3 Å². The number of nitrogens with zero attached hydrogens (tertiary/aromatic N) is 1. The van der Waals surface area contributed by atoms with Crippen molar-refractivity contribution in [3.63, 3.8) is 0 Å². The third kappa shape index (κ3) is 3.44. The molecule has 5 heteroatoms. The minimum atomic E-state index is -0.290. The molecule has 0 atom stereocenters. The molecule has 0 radical (unpaired) electrons. The fourth-order valence-corrected chi connectivity index (χ4v) is 2.60. The third-order valence-corrected chi connectivity index (χ3v) is 3.87. The van der Waals surface area contributed by atoms with Crippen molar-refractivity contribution in [2.75, 3.05) is 0 Å². The van der Waals surface area contributed by atoms with Gasteiger partial charge in [-0.1, -0.05) is 29.8 Å². The summed E-state index contributed by atoms with van der Waals surface area (Å²) in [5.41, 5.74) is 10.2. The summed E-state index contributed by atoms with van der Waals surface area (Å²) in [4.78, 5) is 7.55. The summed E-state index contributed by atoms with van der Waals surface area (Å²) in [7, 11) is 0. The molecule has 0 fully saturated rings. The summed E-state index contributed by atoms with van der Waals surface area (Å²) in [5.74, 6) is 0.259. The molecule has 0 saturated carbocycles. The van der Waals surface area contributed by atoms with Gasteiger partial charge in [-0.25, -0.2) is 9.37 Å². The molecule has 0 amide bonds. The normalized spacial score (nSPS) is 11.5. The molecule has 0 unspecified atom stereocenters. The molecule has 3 aromatic rings. The summed E-state index contributed by atoms with van der Waals surface area (Å²) in [6, 6.07) is 15.8. The predicted octanol–water partition coefficient (Wildman–Crippen LogP) is 4.01. The van der Waals surface area contributed by atoms with Crippen LogP contribution in [0.25, 0.3) is 16.8 Å². The number of aromatic amines is 1. The summed E-state index contributed by atoms with van der Waals surface area (Å²) < 4.78 is 13.1. The average molecular weight is 341 g/mol. The molecule has 120 valence electrons. The molecule has 0 aliphatic carbocycles. The lowest BCUT2D eigenvalue weighted by atomic mass is 10.0. The van der Waals surface area contributed by atoms with Gasteiger partial charge >= 0.3 is 5.82 Å². The average Bonchev–Trinajstić information content (AvgIpc) is 2.57. The predicted molar refractivity (Wildman–Crippen MR) is 93.6 cm³/mol. The summed E-state index contributed by atoms with van der Waals surface area (Å²) in [6.45, 7) is 2.02. The fourth-order valence-electron chi connectivity index (χ4n) is 2.41. The van der Waals surface area contributed by atoms with Crippen LogP contribution in [-0.4, -0.2) is 4.98 Å². The molecule has 24 heavy (non-hydrogen) atoms. The molecule has 1 heterocycles. The summed E-state index contributed by atoms with van der Waals surface area (Å²) in [5, 5.41) is 0.328. The highest BCUT2D eigenvalue weighted by molar-refractivity contribution is 6.29. The van der Waals surface area contributed by atoms with Crippen LogP contribution in [0.3, 0.4) is 0 Å². The number of benzene rings is 2. The van der Waals surface area contributed by atoms with Crippen LogP contribution in [0.2, 0.25) is 5.15 Å². The zero-order chi connectivity index (χ0) is 17.1. The number of rotatable bonds is 3. The maximum absolute atomic E-state index is 13.1. The first-order chi connectivity index (χ1) is 11.6. The smallest absolute Gasteiger partial charge is 0.332 e. The Balaban J connectivity index is 2.07. The standard InChI is InChI=1S/C19H15ClFN3/c1-12-2-4-13(5-3-12)16(11-22)19-23-17(10-18(20)24-19)14-6-8-15(21)9-7-14/h2-11H,22H2,1H3/p+1. The van der Waals surface area contributed by atoms with E-state index >= 15 is 0 Å². The van der Waals surface area contributed by atoms with Crippen LogP contribution in [0, 0.1) is 12.7 Å². The molecule has 2 aromatic carbocycles. The molecule has 0 aliphatic heterocycles. The molecular formula is C19H16ClFN3+. The lowest BCUT2D eigenvalue weighted by molar-refractivity contribution is -0.373. The monoisotopic (exact) mass is 340 g/mol. The number of nitrogens with one attached hydrogen (secondary N) is 1. The number of halogens is 2. The molecule has 0 aliphatic rings. The Bertz CT molecular complexity index is 887. The van der Waals surface area contributed by atoms with E-state index in [4.69, 9.17) is 17.3 Å². The maximum Gasteiger partial charge on any atom is 0.332 e. The Morgan fingerprint density at radius 3 is 2.42 bits per heavy atom. The molecular weight excluding hydrogens is 325 g/mol. The van der Waals surface area contributed by atoms with E-state index in [-0.39, 0.29) is 5.82 Å². The van der Waals surface area contributed by atoms with Crippen LogP contribution in [0.4, 0.5) is 4.39 Å². The van der Waals surface area contributed by atoms with Gasteiger partial charge in [0.25, 0.3) is 0 Å². The summed E-state index contributed by atoms with van der Waals surface area (Å²) in [6.07, 6.45) is 1.49. The number of hydrogen-bond donors (Lipinski definition) is 1. The van der Waals surface area contributed by atoms with Gasteiger partial charge in [0.2, 0.25) is 5.15 Å². The lowest BCUT2D eigenvalue weighted by Gasteiger charge is -2.04. The highest BCUT2D eigenvalue weighted by atomic mass is 35.5. The van der Waals surface area contributed by atoms with Gasteiger partial charge in [-0.2, -0.15) is 0 Å². The Morgan fingerprint density at radius 2 is 1.79 bits per heavy atom. The van der Waals surface area contributed by atoms with Crippen LogP contribution >= 0.6 is 11.6 Å². The largest absolute Gasteiger partial charge is 0.404 e. The lowest BCUT2D eigenvalue weighted by Crippen LogP contribution is -2.17. The van der Waals surface area contributed by atoms with Gasteiger partial charge in [0, 0.05) is 17.8 Å². The van der Waals surface area contributed by atoms with Gasteiger partial charge in [0.05, 0.1) is 5.57 Å². The van der Waals surface area contributed by atoms with Gasteiger partial charge < -0.3 is 5.73 Å². The van der Waals surface area contributed by atoms with Crippen LogP contribution < -0.4 is 10.7 Å². The van der Waals surface area contributed by atoms with Crippen LogP contribution in [0.1, 0.15) is 17.0 Å². The first-order valence-corrected chi connectivity index (χ1v) is 7.80. The molecule has 1 aromatic heterocycles. The Kier molecular flexibility index (Phi) is 4.58. The Hall–Kier alpha value is -2.72. The van der Waals surface area contributed by atoms with Crippen molar-refractivity contribution < 1.29 is 9.37 Å². The first-order valence-electron chi connectivity index (χ1n) is 7.42. The van der Waals surface area contributed by atoms with E-state index < -0.39 is 0 Å². The minimum Gasteiger partial charge on any atom is -0.404 e. The third-order valence-electron chi connectivity index (χ3n) is 3.67. The van der Waals surface area contributed by atoms with Crippen molar-refractivity contribution in [3.05, 3.63) is 88.7 Å². The van der Waals surface area contributed by atoms with Gasteiger partial charge in [0.15, 0.2) is 0 Å². The van der Waals surface area contributed by atoms with Gasteiger partial charge in [0.1, 0.15) is 11.5 Å². The SMILES string of the molecule is Cc1ccc(C(=CN)c2nc(Cl)cc(-c3ccc(F)cc3)[nH+]2)cc1. The highest BCUT2D eigenvalue weighted by Gasteiger charge is 2.19. The van der Waals surface area contributed by atoms with Crippen molar-refractivity contribution in [2.24, 2.45) is 5.73 Å². The molecule has 0 saturated heterocycles. The molecule has 3 rings (SSSR count). The minimum absolute atomic E-state index is 0.290. The zero-order valence-electron chi connectivity index (χ0n) is 13.1. The number of aryl methyl sites for hydroxylation is 1. The zero-order valence-corrected chi connectivity index (χ0v) is 13.8. The van der Waals surface area contributed by atoms with E-state index in [1.807, 2.05) is 31.2 Å². The van der Waals surface area contributed by atoms with Crippen molar-refractivity contribution in [3.8, 4) is 11.3 Å². The van der Waals surface area contributed by atoms with E-state index in [2.05, 4.69) is 9.97 Å². The van der Waals surface area contributed by atoms with Crippen LogP contribution in [0.15, 0.2) is 60.8 Å². The van der Waals surface area contributed by atoms with E-state index in [0.29, 0.717) is 11.0 Å². The number of H-pyrrole nitrogens is 1. The first kappa shape index (κ1) is 16.1. The Labute approximate surface area is 144 Å². The van der Waals surface area contributed by atoms with Crippen LogP contribution in [-0.2, 0) is 0 Å². The second-order valence-corrected chi connectivity index (χ2v) is 5.81. The maximum atomic E-state index is 13.1. The number of hydrogen-bond acceptors (Lipinski definition) is 2. The second kappa shape index (κ2) is 6.81. The van der Waals surface area contributed by atoms with Crippen molar-refractivity contribution in [2.45, 2.75) is 6.92 Å². The molecule has 3 N–H and O–H groups in total. The molecule has 0 spiro atoms. The topological polar surface area (TPSA) is 53.0 Å². The van der Waals surface area contributed by atoms with E-state index in [1.54, 1.807) is 18.2 Å². The van der Waals surface area contributed by atoms with Crippen molar-refractivity contribution in [1.29, 1.82) is 0 Å². The molecule has 3 nitrogen and oxygen atoms in total. The van der Waals surface area contributed by atoms with E-state index in [9.17, 15) is 4.39 Å². The van der Waals surface area contributed by atoms with E-state index in [0.717, 1.165) is 28.0 Å². The van der Waals surface area contributed by atoms with Crippen LogP contribution in [0.5, 0.6) is 0 Å². The molecule has 0 bridgehead atoms. The van der Waals surface area contributed by atoms with E-state index in [1.165, 1.54) is 18.3 Å². The Morgan fingerprint density at radius 1 is 1.12 bits per heavy atom. The fraction of sp³-hybridized carbons (Fsp3) is 0.0526.